The molecule has 1 aliphatic rings. The van der Waals surface area contributed by atoms with Gasteiger partial charge in [-0.3, -0.25) is 0 Å². The highest BCUT2D eigenvalue weighted by atomic mass is 16.5. The van der Waals surface area contributed by atoms with Crippen LogP contribution >= 0.6 is 0 Å². The summed E-state index contributed by atoms with van der Waals surface area (Å²) in [6.45, 7) is 0. The third kappa shape index (κ3) is 2.32. The second kappa shape index (κ2) is 4.67. The van der Waals surface area contributed by atoms with Crippen molar-refractivity contribution >= 4 is 0 Å². The van der Waals surface area contributed by atoms with E-state index in [1.165, 1.54) is 19.3 Å². The molecule has 1 aromatic carbocycles. The second-order valence-corrected chi connectivity index (χ2v) is 4.27. The van der Waals surface area contributed by atoms with E-state index in [4.69, 9.17) is 4.74 Å². The fourth-order valence-corrected chi connectivity index (χ4v) is 2.09. The van der Waals surface area contributed by atoms with Gasteiger partial charge >= 0.3 is 0 Å². The van der Waals surface area contributed by atoms with Crippen LogP contribution < -0.4 is 4.74 Å². The molecular formula is C13H18O2. The van der Waals surface area contributed by atoms with Crippen molar-refractivity contribution in [3.05, 3.63) is 29.8 Å². The number of methoxy groups -OCH3 is 1. The maximum absolute atomic E-state index is 9.99. The van der Waals surface area contributed by atoms with Gasteiger partial charge in [-0.25, -0.2) is 0 Å². The third-order valence-electron chi connectivity index (χ3n) is 3.32. The Hall–Kier alpha value is -1.02. The van der Waals surface area contributed by atoms with Gasteiger partial charge in [0, 0.05) is 6.42 Å². The Morgan fingerprint density at radius 3 is 2.73 bits per heavy atom. The number of hydrogen-bond donors (Lipinski definition) is 1. The van der Waals surface area contributed by atoms with E-state index >= 15 is 0 Å². The van der Waals surface area contributed by atoms with E-state index in [0.717, 1.165) is 11.3 Å². The van der Waals surface area contributed by atoms with Crippen LogP contribution in [0.3, 0.4) is 0 Å². The van der Waals surface area contributed by atoms with Gasteiger partial charge in [0.25, 0.3) is 0 Å². The van der Waals surface area contributed by atoms with Crippen LogP contribution in [0.2, 0.25) is 0 Å². The van der Waals surface area contributed by atoms with Gasteiger partial charge in [0.05, 0.1) is 13.2 Å². The number of benzene rings is 1. The van der Waals surface area contributed by atoms with Gasteiger partial charge < -0.3 is 9.84 Å². The molecule has 0 saturated heterocycles. The van der Waals surface area contributed by atoms with E-state index in [-0.39, 0.29) is 6.10 Å². The summed E-state index contributed by atoms with van der Waals surface area (Å²) in [4.78, 5) is 0. The average molecular weight is 206 g/mol. The van der Waals surface area contributed by atoms with Crippen molar-refractivity contribution in [3.8, 4) is 5.75 Å². The minimum atomic E-state index is -0.199. The maximum Gasteiger partial charge on any atom is 0.122 e. The Morgan fingerprint density at radius 1 is 1.40 bits per heavy atom. The van der Waals surface area contributed by atoms with Gasteiger partial charge in [0.2, 0.25) is 0 Å². The van der Waals surface area contributed by atoms with Crippen LogP contribution in [0.15, 0.2) is 24.3 Å². The zero-order valence-electron chi connectivity index (χ0n) is 9.15. The summed E-state index contributed by atoms with van der Waals surface area (Å²) in [7, 11) is 1.68. The average Bonchev–Trinajstić information content (AvgIpc) is 2.15. The standard InChI is InChI=1S/C13H18O2/c1-15-13-8-3-2-5-11(13)9-12(14)10-6-4-7-10/h2-3,5,8,10,12,14H,4,6-7,9H2,1H3. The normalized spacial score (nSPS) is 18.3. The smallest absolute Gasteiger partial charge is 0.122 e. The molecule has 0 aromatic heterocycles. The molecule has 2 heteroatoms. The first-order valence-electron chi connectivity index (χ1n) is 5.61. The predicted octanol–water partition coefficient (Wildman–Crippen LogP) is 2.40. The SMILES string of the molecule is COc1ccccc1CC(O)C1CCC1. The molecule has 1 saturated carbocycles. The number of rotatable bonds is 4. The Bertz CT molecular complexity index is 318. The summed E-state index contributed by atoms with van der Waals surface area (Å²) >= 11 is 0. The number of para-hydroxylation sites is 1. The van der Waals surface area contributed by atoms with Crippen LogP contribution in [0.4, 0.5) is 0 Å². The van der Waals surface area contributed by atoms with Crippen LogP contribution in [0.5, 0.6) is 5.75 Å². The first kappa shape index (κ1) is 10.5. The fraction of sp³-hybridized carbons (Fsp3) is 0.538. The molecule has 0 radical (unpaired) electrons. The van der Waals surface area contributed by atoms with Crippen molar-refractivity contribution in [1.82, 2.24) is 0 Å². The van der Waals surface area contributed by atoms with Crippen molar-refractivity contribution in [1.29, 1.82) is 0 Å². The van der Waals surface area contributed by atoms with E-state index in [9.17, 15) is 5.11 Å². The maximum atomic E-state index is 9.99. The number of ether oxygens (including phenoxy) is 1. The second-order valence-electron chi connectivity index (χ2n) is 4.27. The molecule has 0 bridgehead atoms. The summed E-state index contributed by atoms with van der Waals surface area (Å²) in [5.41, 5.74) is 1.11. The third-order valence-corrected chi connectivity index (χ3v) is 3.32. The molecule has 82 valence electrons. The van der Waals surface area contributed by atoms with Gasteiger partial charge in [-0.2, -0.15) is 0 Å². The fourth-order valence-electron chi connectivity index (χ4n) is 2.09. The zero-order chi connectivity index (χ0) is 10.7. The molecule has 1 unspecified atom stereocenters. The number of aliphatic hydroxyl groups is 1. The zero-order valence-corrected chi connectivity index (χ0v) is 9.15. The highest BCUT2D eigenvalue weighted by Gasteiger charge is 2.26. The molecule has 2 nitrogen and oxygen atoms in total. The van der Waals surface area contributed by atoms with Crippen molar-refractivity contribution in [2.75, 3.05) is 7.11 Å². The van der Waals surface area contributed by atoms with Crippen molar-refractivity contribution < 1.29 is 9.84 Å². The Labute approximate surface area is 90.9 Å². The largest absolute Gasteiger partial charge is 0.496 e. The van der Waals surface area contributed by atoms with Gasteiger partial charge in [0.1, 0.15) is 5.75 Å². The minimum absolute atomic E-state index is 0.199. The van der Waals surface area contributed by atoms with Crippen molar-refractivity contribution in [2.45, 2.75) is 31.8 Å². The molecule has 0 spiro atoms. The van der Waals surface area contributed by atoms with Gasteiger partial charge in [-0.05, 0) is 30.4 Å². The van der Waals surface area contributed by atoms with Crippen molar-refractivity contribution in [3.63, 3.8) is 0 Å². The molecule has 0 amide bonds. The molecule has 1 N–H and O–H groups in total. The van der Waals surface area contributed by atoms with Gasteiger partial charge in [-0.15, -0.1) is 0 Å². The van der Waals surface area contributed by atoms with Crippen LogP contribution in [0.25, 0.3) is 0 Å². The summed E-state index contributed by atoms with van der Waals surface area (Å²) in [6.07, 6.45) is 4.14. The number of hydrogen-bond acceptors (Lipinski definition) is 2. The van der Waals surface area contributed by atoms with E-state index < -0.39 is 0 Å². The summed E-state index contributed by atoms with van der Waals surface area (Å²) in [5.74, 6) is 1.39. The molecule has 1 aromatic rings. The van der Waals surface area contributed by atoms with E-state index in [0.29, 0.717) is 12.3 Å². The molecule has 1 aliphatic carbocycles. The summed E-state index contributed by atoms with van der Waals surface area (Å²) in [5, 5.41) is 9.99. The molecule has 1 atom stereocenters. The van der Waals surface area contributed by atoms with Crippen LogP contribution in [0, 0.1) is 5.92 Å². The molecule has 15 heavy (non-hydrogen) atoms. The monoisotopic (exact) mass is 206 g/mol. The van der Waals surface area contributed by atoms with E-state index in [1.807, 2.05) is 24.3 Å². The highest BCUT2D eigenvalue weighted by molar-refractivity contribution is 5.33. The van der Waals surface area contributed by atoms with Gasteiger partial charge in [0.15, 0.2) is 0 Å². The van der Waals surface area contributed by atoms with Gasteiger partial charge in [-0.1, -0.05) is 24.6 Å². The number of aliphatic hydroxyl groups excluding tert-OH is 1. The van der Waals surface area contributed by atoms with Crippen molar-refractivity contribution in [2.24, 2.45) is 5.92 Å². The Balaban J connectivity index is 2.02. The molecule has 0 heterocycles. The van der Waals surface area contributed by atoms with E-state index in [2.05, 4.69) is 0 Å². The Kier molecular flexibility index (Phi) is 3.27. The molecular weight excluding hydrogens is 188 g/mol. The van der Waals surface area contributed by atoms with Crippen LogP contribution in [-0.2, 0) is 6.42 Å². The van der Waals surface area contributed by atoms with Crippen LogP contribution in [0.1, 0.15) is 24.8 Å². The predicted molar refractivity (Wildman–Crippen MR) is 60.0 cm³/mol. The first-order valence-corrected chi connectivity index (χ1v) is 5.61. The lowest BCUT2D eigenvalue weighted by molar-refractivity contribution is 0.0625. The lowest BCUT2D eigenvalue weighted by atomic mass is 9.79. The summed E-state index contributed by atoms with van der Waals surface area (Å²) < 4.78 is 5.27. The first-order chi connectivity index (χ1) is 7.31. The molecule has 1 fully saturated rings. The lowest BCUT2D eigenvalue weighted by Crippen LogP contribution is -2.28. The van der Waals surface area contributed by atoms with Crippen LogP contribution in [-0.4, -0.2) is 18.3 Å². The lowest BCUT2D eigenvalue weighted by Gasteiger charge is -2.30. The topological polar surface area (TPSA) is 29.5 Å². The molecule has 0 aliphatic heterocycles. The van der Waals surface area contributed by atoms with E-state index in [1.54, 1.807) is 7.11 Å². The summed E-state index contributed by atoms with van der Waals surface area (Å²) in [6, 6.07) is 7.92. The Morgan fingerprint density at radius 2 is 2.13 bits per heavy atom. The molecule has 2 rings (SSSR count). The quantitative estimate of drug-likeness (QED) is 0.819. The highest BCUT2D eigenvalue weighted by Crippen LogP contribution is 2.32. The minimum Gasteiger partial charge on any atom is -0.496 e.